The van der Waals surface area contributed by atoms with Gasteiger partial charge in [-0.1, -0.05) is 42.5 Å². The van der Waals surface area contributed by atoms with Crippen LogP contribution in [0.15, 0.2) is 60.7 Å². The molecule has 3 aromatic carbocycles. The summed E-state index contributed by atoms with van der Waals surface area (Å²) < 4.78 is 5.24. The second-order valence-corrected chi connectivity index (χ2v) is 6.02. The average Bonchev–Trinajstić information content (AvgIpc) is 2.65. The van der Waals surface area contributed by atoms with Crippen molar-refractivity contribution in [1.82, 2.24) is 5.32 Å². The first-order valence-corrected chi connectivity index (χ1v) is 8.18. The highest BCUT2D eigenvalue weighted by molar-refractivity contribution is 5.94. The normalized spacial score (nSPS) is 12.0. The van der Waals surface area contributed by atoms with Gasteiger partial charge >= 0.3 is 0 Å². The highest BCUT2D eigenvalue weighted by Gasteiger charge is 2.12. The molecule has 0 fully saturated rings. The van der Waals surface area contributed by atoms with Crippen LogP contribution in [-0.4, -0.2) is 24.7 Å². The van der Waals surface area contributed by atoms with E-state index in [0.717, 1.165) is 21.9 Å². The van der Waals surface area contributed by atoms with Crippen molar-refractivity contribution in [2.45, 2.75) is 13.0 Å². The summed E-state index contributed by atoms with van der Waals surface area (Å²) in [6, 6.07) is 19.1. The minimum atomic E-state index is -0.763. The van der Waals surface area contributed by atoms with E-state index in [9.17, 15) is 9.90 Å². The fourth-order valence-electron chi connectivity index (χ4n) is 2.79. The lowest BCUT2D eigenvalue weighted by Crippen LogP contribution is -2.28. The van der Waals surface area contributed by atoms with Crippen LogP contribution in [0.2, 0.25) is 0 Å². The Bertz CT molecular complexity index is 905. The smallest absolute Gasteiger partial charge is 0.251 e. The molecule has 1 amide bonds. The third-order valence-corrected chi connectivity index (χ3v) is 4.28. The van der Waals surface area contributed by atoms with Gasteiger partial charge in [-0.3, -0.25) is 4.79 Å². The Morgan fingerprint density at radius 3 is 2.60 bits per heavy atom. The Kier molecular flexibility index (Phi) is 5.00. The fourth-order valence-corrected chi connectivity index (χ4v) is 2.79. The van der Waals surface area contributed by atoms with Gasteiger partial charge in [-0.25, -0.2) is 0 Å². The maximum Gasteiger partial charge on any atom is 0.251 e. The summed E-state index contributed by atoms with van der Waals surface area (Å²) in [5.41, 5.74) is 2.25. The summed E-state index contributed by atoms with van der Waals surface area (Å²) >= 11 is 0. The van der Waals surface area contributed by atoms with E-state index in [1.165, 1.54) is 0 Å². The minimum Gasteiger partial charge on any atom is -0.496 e. The van der Waals surface area contributed by atoms with E-state index in [2.05, 4.69) is 5.32 Å². The van der Waals surface area contributed by atoms with Gasteiger partial charge in [-0.05, 0) is 47.0 Å². The maximum atomic E-state index is 12.3. The zero-order valence-corrected chi connectivity index (χ0v) is 14.3. The number of benzene rings is 3. The Labute approximate surface area is 147 Å². The van der Waals surface area contributed by atoms with Crippen molar-refractivity contribution in [2.75, 3.05) is 13.7 Å². The van der Waals surface area contributed by atoms with Crippen LogP contribution in [0, 0.1) is 6.92 Å². The lowest BCUT2D eigenvalue weighted by atomic mass is 10.0. The van der Waals surface area contributed by atoms with E-state index >= 15 is 0 Å². The number of hydrogen-bond donors (Lipinski definition) is 2. The molecular formula is C21H21NO3. The standard InChI is InChI=1S/C21H21NO3/c1-14-7-8-18(12-20(14)25-2)21(24)22-13-19(23)17-10-9-15-5-3-4-6-16(15)11-17/h3-12,19,23H,13H2,1-2H3,(H,22,24). The molecule has 0 aliphatic heterocycles. The molecule has 1 unspecified atom stereocenters. The molecule has 4 heteroatoms. The number of aliphatic hydroxyl groups excluding tert-OH is 1. The zero-order chi connectivity index (χ0) is 17.8. The summed E-state index contributed by atoms with van der Waals surface area (Å²) in [5, 5.41) is 15.3. The molecule has 2 N–H and O–H groups in total. The quantitative estimate of drug-likeness (QED) is 0.749. The summed E-state index contributed by atoms with van der Waals surface area (Å²) in [6.07, 6.45) is -0.763. The van der Waals surface area contributed by atoms with Crippen molar-refractivity contribution in [3.05, 3.63) is 77.4 Å². The number of ether oxygens (including phenoxy) is 1. The van der Waals surface area contributed by atoms with Gasteiger partial charge < -0.3 is 15.2 Å². The minimum absolute atomic E-state index is 0.146. The molecular weight excluding hydrogens is 314 g/mol. The molecule has 4 nitrogen and oxygen atoms in total. The molecule has 0 saturated heterocycles. The third-order valence-electron chi connectivity index (χ3n) is 4.28. The van der Waals surface area contributed by atoms with Crippen LogP contribution < -0.4 is 10.1 Å². The molecule has 0 spiro atoms. The van der Waals surface area contributed by atoms with Crippen LogP contribution >= 0.6 is 0 Å². The second-order valence-electron chi connectivity index (χ2n) is 6.02. The van der Waals surface area contributed by atoms with Gasteiger partial charge in [0.05, 0.1) is 13.2 Å². The number of hydrogen-bond acceptors (Lipinski definition) is 3. The van der Waals surface area contributed by atoms with Crippen LogP contribution in [0.4, 0.5) is 0 Å². The van der Waals surface area contributed by atoms with E-state index in [-0.39, 0.29) is 12.5 Å². The number of methoxy groups -OCH3 is 1. The summed E-state index contributed by atoms with van der Waals surface area (Å²) in [7, 11) is 1.58. The predicted molar refractivity (Wildman–Crippen MR) is 99.0 cm³/mol. The first-order chi connectivity index (χ1) is 12.1. The van der Waals surface area contributed by atoms with Crippen molar-refractivity contribution in [3.63, 3.8) is 0 Å². The van der Waals surface area contributed by atoms with E-state index in [1.54, 1.807) is 19.2 Å². The number of rotatable bonds is 5. The SMILES string of the molecule is COc1cc(C(=O)NCC(O)c2ccc3ccccc3c2)ccc1C. The van der Waals surface area contributed by atoms with Gasteiger partial charge in [0.1, 0.15) is 5.75 Å². The van der Waals surface area contributed by atoms with Gasteiger partial charge in [-0.2, -0.15) is 0 Å². The molecule has 0 bridgehead atoms. The Hall–Kier alpha value is -2.85. The molecule has 3 aromatic rings. The van der Waals surface area contributed by atoms with Crippen molar-refractivity contribution < 1.29 is 14.6 Å². The molecule has 0 aliphatic carbocycles. The number of carbonyl (C=O) groups is 1. The molecule has 3 rings (SSSR count). The van der Waals surface area contributed by atoms with Crippen molar-refractivity contribution in [1.29, 1.82) is 0 Å². The van der Waals surface area contributed by atoms with Crippen LogP contribution in [-0.2, 0) is 0 Å². The topological polar surface area (TPSA) is 58.6 Å². The highest BCUT2D eigenvalue weighted by atomic mass is 16.5. The van der Waals surface area contributed by atoms with E-state index < -0.39 is 6.10 Å². The van der Waals surface area contributed by atoms with Gasteiger partial charge in [0.15, 0.2) is 0 Å². The Morgan fingerprint density at radius 1 is 1.08 bits per heavy atom. The zero-order valence-electron chi connectivity index (χ0n) is 14.3. The summed E-state index contributed by atoms with van der Waals surface area (Å²) in [5.74, 6) is 0.431. The fraction of sp³-hybridized carbons (Fsp3) is 0.190. The van der Waals surface area contributed by atoms with Crippen molar-refractivity contribution in [2.24, 2.45) is 0 Å². The van der Waals surface area contributed by atoms with Gasteiger partial charge in [-0.15, -0.1) is 0 Å². The molecule has 0 saturated carbocycles. The molecule has 0 aromatic heterocycles. The molecule has 25 heavy (non-hydrogen) atoms. The van der Waals surface area contributed by atoms with Gasteiger partial charge in [0.25, 0.3) is 5.91 Å². The third kappa shape index (κ3) is 3.80. The van der Waals surface area contributed by atoms with Crippen LogP contribution in [0.3, 0.4) is 0 Å². The Balaban J connectivity index is 1.68. The number of aryl methyl sites for hydroxylation is 1. The lowest BCUT2D eigenvalue weighted by molar-refractivity contribution is 0.0916. The summed E-state index contributed by atoms with van der Waals surface area (Å²) in [6.45, 7) is 2.07. The van der Waals surface area contributed by atoms with E-state index in [4.69, 9.17) is 4.74 Å². The number of carbonyl (C=O) groups excluding carboxylic acids is 1. The highest BCUT2D eigenvalue weighted by Crippen LogP contribution is 2.21. The second kappa shape index (κ2) is 7.36. The van der Waals surface area contributed by atoms with E-state index in [1.807, 2.05) is 55.5 Å². The van der Waals surface area contributed by atoms with Crippen LogP contribution in [0.25, 0.3) is 10.8 Å². The largest absolute Gasteiger partial charge is 0.496 e. The number of nitrogens with one attached hydrogen (secondary N) is 1. The first kappa shape index (κ1) is 17.0. The predicted octanol–water partition coefficient (Wildman–Crippen LogP) is 3.62. The molecule has 128 valence electrons. The van der Waals surface area contributed by atoms with Crippen LogP contribution in [0.1, 0.15) is 27.6 Å². The van der Waals surface area contributed by atoms with Gasteiger partial charge in [0, 0.05) is 12.1 Å². The van der Waals surface area contributed by atoms with Crippen molar-refractivity contribution in [3.8, 4) is 5.75 Å². The van der Waals surface area contributed by atoms with E-state index in [0.29, 0.717) is 11.3 Å². The number of aliphatic hydroxyl groups is 1. The number of fused-ring (bicyclic) bond motifs is 1. The van der Waals surface area contributed by atoms with Gasteiger partial charge in [0.2, 0.25) is 0 Å². The maximum absolute atomic E-state index is 12.3. The molecule has 0 heterocycles. The lowest BCUT2D eigenvalue weighted by Gasteiger charge is -2.14. The number of amides is 1. The van der Waals surface area contributed by atoms with Crippen LogP contribution in [0.5, 0.6) is 5.75 Å². The molecule has 0 radical (unpaired) electrons. The first-order valence-electron chi connectivity index (χ1n) is 8.18. The van der Waals surface area contributed by atoms with Crippen molar-refractivity contribution >= 4 is 16.7 Å². The molecule has 0 aliphatic rings. The Morgan fingerprint density at radius 2 is 1.84 bits per heavy atom. The molecule has 1 atom stereocenters. The monoisotopic (exact) mass is 335 g/mol. The average molecular weight is 335 g/mol. The summed E-state index contributed by atoms with van der Waals surface area (Å²) in [4.78, 5) is 12.3.